The van der Waals surface area contributed by atoms with Crippen LogP contribution in [0.1, 0.15) is 17.2 Å². The molecule has 1 aromatic carbocycles. The Labute approximate surface area is 101 Å². The summed E-state index contributed by atoms with van der Waals surface area (Å²) in [4.78, 5) is 2.79. The number of benzene rings is 1. The Morgan fingerprint density at radius 1 is 1.06 bits per heavy atom. The molecule has 0 saturated heterocycles. The molecule has 2 aromatic rings. The summed E-state index contributed by atoms with van der Waals surface area (Å²) in [5.41, 5.74) is 1.13. The summed E-state index contributed by atoms with van der Waals surface area (Å²) in [5, 5.41) is 9.92. The van der Waals surface area contributed by atoms with Gasteiger partial charge in [0, 0.05) is 18.0 Å². The Hall–Kier alpha value is -1.95. The van der Waals surface area contributed by atoms with E-state index in [-0.39, 0.29) is 5.75 Å². The van der Waals surface area contributed by atoms with Crippen molar-refractivity contribution in [2.24, 2.45) is 0 Å². The molecule has 18 heavy (non-hydrogen) atoms. The van der Waals surface area contributed by atoms with E-state index in [9.17, 15) is 18.3 Å². The van der Waals surface area contributed by atoms with Crippen molar-refractivity contribution in [1.29, 1.82) is 0 Å². The van der Waals surface area contributed by atoms with Crippen molar-refractivity contribution in [3.8, 4) is 5.75 Å². The van der Waals surface area contributed by atoms with Crippen LogP contribution in [0.2, 0.25) is 0 Å². The molecule has 1 unspecified atom stereocenters. The number of nitrogens with one attached hydrogen (secondary N) is 1. The lowest BCUT2D eigenvalue weighted by molar-refractivity contribution is -0.274. The number of ether oxygens (including phenoxy) is 1. The number of aliphatic hydroxyl groups excluding tert-OH is 1. The van der Waals surface area contributed by atoms with E-state index in [0.717, 1.165) is 0 Å². The Morgan fingerprint density at radius 2 is 1.72 bits per heavy atom. The molecule has 0 amide bonds. The normalized spacial score (nSPS) is 13.3. The van der Waals surface area contributed by atoms with Crippen molar-refractivity contribution in [3.63, 3.8) is 0 Å². The van der Waals surface area contributed by atoms with Crippen LogP contribution in [0.3, 0.4) is 0 Å². The first-order valence-electron chi connectivity index (χ1n) is 5.12. The molecule has 96 valence electrons. The molecule has 0 aliphatic carbocycles. The number of halogens is 3. The van der Waals surface area contributed by atoms with Crippen molar-refractivity contribution in [2.45, 2.75) is 12.5 Å². The van der Waals surface area contributed by atoms with Crippen LogP contribution < -0.4 is 4.74 Å². The van der Waals surface area contributed by atoms with Crippen molar-refractivity contribution >= 4 is 0 Å². The quantitative estimate of drug-likeness (QED) is 0.887. The molecular formula is C12H10F3NO2. The zero-order valence-electron chi connectivity index (χ0n) is 9.11. The molecule has 3 nitrogen and oxygen atoms in total. The zero-order chi connectivity index (χ0) is 13.2. The van der Waals surface area contributed by atoms with Crippen LogP contribution in [0.4, 0.5) is 13.2 Å². The molecule has 6 heteroatoms. The van der Waals surface area contributed by atoms with Gasteiger partial charge >= 0.3 is 6.36 Å². The smallest absolute Gasteiger partial charge is 0.406 e. The van der Waals surface area contributed by atoms with E-state index < -0.39 is 12.5 Å². The molecule has 2 N–H and O–H groups in total. The number of aromatic nitrogens is 1. The van der Waals surface area contributed by atoms with E-state index in [1.165, 1.54) is 24.3 Å². The van der Waals surface area contributed by atoms with E-state index >= 15 is 0 Å². The van der Waals surface area contributed by atoms with Gasteiger partial charge in [-0.05, 0) is 23.8 Å². The van der Waals surface area contributed by atoms with Crippen molar-refractivity contribution in [2.75, 3.05) is 0 Å². The molecule has 0 radical (unpaired) electrons. The second-order valence-electron chi connectivity index (χ2n) is 3.66. The highest BCUT2D eigenvalue weighted by Gasteiger charge is 2.31. The fourth-order valence-electron chi connectivity index (χ4n) is 1.55. The van der Waals surface area contributed by atoms with Gasteiger partial charge < -0.3 is 14.8 Å². The highest BCUT2D eigenvalue weighted by atomic mass is 19.4. The third kappa shape index (κ3) is 3.04. The number of aromatic amines is 1. The average Bonchev–Trinajstić information content (AvgIpc) is 2.80. The number of hydrogen-bond donors (Lipinski definition) is 2. The van der Waals surface area contributed by atoms with Gasteiger partial charge in [-0.15, -0.1) is 13.2 Å². The fraction of sp³-hybridized carbons (Fsp3) is 0.167. The maximum atomic E-state index is 11.9. The number of hydrogen-bond acceptors (Lipinski definition) is 2. The van der Waals surface area contributed by atoms with E-state index in [4.69, 9.17) is 0 Å². The van der Waals surface area contributed by atoms with Gasteiger partial charge in [-0.2, -0.15) is 0 Å². The summed E-state index contributed by atoms with van der Waals surface area (Å²) in [6.45, 7) is 0. The van der Waals surface area contributed by atoms with Crippen LogP contribution >= 0.6 is 0 Å². The largest absolute Gasteiger partial charge is 0.573 e. The molecular weight excluding hydrogens is 247 g/mol. The molecule has 1 atom stereocenters. The highest BCUT2D eigenvalue weighted by molar-refractivity contribution is 5.33. The fourth-order valence-corrected chi connectivity index (χ4v) is 1.55. The van der Waals surface area contributed by atoms with Crippen LogP contribution in [0.25, 0.3) is 0 Å². The lowest BCUT2D eigenvalue weighted by Gasteiger charge is -2.12. The first-order chi connectivity index (χ1) is 8.46. The second-order valence-corrected chi connectivity index (χ2v) is 3.66. The Balaban J connectivity index is 2.13. The SMILES string of the molecule is OC(c1ccc(OC(F)(F)F)cc1)c1cc[nH]c1. The first-order valence-corrected chi connectivity index (χ1v) is 5.12. The van der Waals surface area contributed by atoms with Gasteiger partial charge in [0.05, 0.1) is 0 Å². The molecule has 1 aromatic heterocycles. The van der Waals surface area contributed by atoms with Gasteiger partial charge in [-0.3, -0.25) is 0 Å². The number of alkyl halides is 3. The predicted octanol–water partition coefficient (Wildman–Crippen LogP) is 3.00. The second kappa shape index (κ2) is 4.73. The highest BCUT2D eigenvalue weighted by Crippen LogP contribution is 2.26. The van der Waals surface area contributed by atoms with Crippen molar-refractivity contribution in [3.05, 3.63) is 53.9 Å². The Bertz CT molecular complexity index is 491. The molecule has 0 fully saturated rings. The van der Waals surface area contributed by atoms with Gasteiger partial charge in [0.15, 0.2) is 0 Å². The standard InChI is InChI=1S/C12H10F3NO2/c13-12(14,15)18-10-3-1-8(2-4-10)11(17)9-5-6-16-7-9/h1-7,11,16-17H. The summed E-state index contributed by atoms with van der Waals surface area (Å²) in [7, 11) is 0. The minimum Gasteiger partial charge on any atom is -0.406 e. The first kappa shape index (κ1) is 12.5. The van der Waals surface area contributed by atoms with Crippen LogP contribution in [-0.2, 0) is 0 Å². The summed E-state index contributed by atoms with van der Waals surface area (Å²) < 4.78 is 39.6. The van der Waals surface area contributed by atoms with Gasteiger partial charge in [-0.1, -0.05) is 12.1 Å². The molecule has 2 rings (SSSR count). The van der Waals surface area contributed by atoms with Crippen LogP contribution in [0.5, 0.6) is 5.75 Å². The third-order valence-electron chi connectivity index (χ3n) is 2.37. The maximum absolute atomic E-state index is 11.9. The summed E-state index contributed by atoms with van der Waals surface area (Å²) in [5.74, 6) is -0.312. The summed E-state index contributed by atoms with van der Waals surface area (Å²) >= 11 is 0. The van der Waals surface area contributed by atoms with Crippen LogP contribution in [0.15, 0.2) is 42.7 Å². The van der Waals surface area contributed by atoms with Crippen LogP contribution in [-0.4, -0.2) is 16.5 Å². The average molecular weight is 257 g/mol. The maximum Gasteiger partial charge on any atom is 0.573 e. The van der Waals surface area contributed by atoms with Gasteiger partial charge in [0.25, 0.3) is 0 Å². The van der Waals surface area contributed by atoms with Gasteiger partial charge in [0.1, 0.15) is 11.9 Å². The minimum atomic E-state index is -4.71. The van der Waals surface area contributed by atoms with Gasteiger partial charge in [0.2, 0.25) is 0 Å². The number of H-pyrrole nitrogens is 1. The zero-order valence-corrected chi connectivity index (χ0v) is 9.11. The van der Waals surface area contributed by atoms with E-state index in [1.54, 1.807) is 18.5 Å². The van der Waals surface area contributed by atoms with E-state index in [1.807, 2.05) is 0 Å². The lowest BCUT2D eigenvalue weighted by Crippen LogP contribution is -2.17. The Kier molecular flexibility index (Phi) is 3.29. The molecule has 1 heterocycles. The van der Waals surface area contributed by atoms with Crippen LogP contribution in [0, 0.1) is 0 Å². The summed E-state index contributed by atoms with van der Waals surface area (Å²) in [6.07, 6.45) is -2.32. The summed E-state index contributed by atoms with van der Waals surface area (Å²) in [6, 6.07) is 6.79. The van der Waals surface area contributed by atoms with E-state index in [2.05, 4.69) is 9.72 Å². The molecule has 0 saturated carbocycles. The van der Waals surface area contributed by atoms with E-state index in [0.29, 0.717) is 11.1 Å². The molecule has 0 bridgehead atoms. The molecule has 0 aliphatic rings. The number of aliphatic hydroxyl groups is 1. The predicted molar refractivity (Wildman–Crippen MR) is 58.0 cm³/mol. The monoisotopic (exact) mass is 257 g/mol. The van der Waals surface area contributed by atoms with Crippen molar-refractivity contribution in [1.82, 2.24) is 4.98 Å². The topological polar surface area (TPSA) is 45.2 Å². The third-order valence-corrected chi connectivity index (χ3v) is 2.37. The number of rotatable bonds is 3. The Morgan fingerprint density at radius 3 is 2.22 bits per heavy atom. The lowest BCUT2D eigenvalue weighted by atomic mass is 10.0. The molecule has 0 spiro atoms. The minimum absolute atomic E-state index is 0.312. The molecule has 0 aliphatic heterocycles. The van der Waals surface area contributed by atoms with Crippen molar-refractivity contribution < 1.29 is 23.0 Å². The van der Waals surface area contributed by atoms with Gasteiger partial charge in [-0.25, -0.2) is 0 Å².